The van der Waals surface area contributed by atoms with Crippen LogP contribution in [0.5, 0.6) is 5.75 Å². The van der Waals surface area contributed by atoms with Crippen LogP contribution in [0.25, 0.3) is 0 Å². The van der Waals surface area contributed by atoms with E-state index in [1.807, 2.05) is 37.2 Å². The fraction of sp³-hybridized carbons (Fsp3) is 0.562. The first-order valence-corrected chi connectivity index (χ1v) is 7.02. The molecule has 1 aromatic rings. The van der Waals surface area contributed by atoms with Gasteiger partial charge in [-0.2, -0.15) is 0 Å². The molecule has 0 heterocycles. The Bertz CT molecular complexity index is 419. The Morgan fingerprint density at radius 2 is 1.95 bits per heavy atom. The zero-order valence-corrected chi connectivity index (χ0v) is 13.8. The van der Waals surface area contributed by atoms with Crippen molar-refractivity contribution >= 4 is 18.2 Å². The summed E-state index contributed by atoms with van der Waals surface area (Å²) >= 11 is 0. The van der Waals surface area contributed by atoms with Crippen LogP contribution in [0.15, 0.2) is 18.2 Å². The highest BCUT2D eigenvalue weighted by atomic mass is 35.5. The van der Waals surface area contributed by atoms with E-state index in [9.17, 15) is 4.79 Å². The second-order valence-corrected chi connectivity index (χ2v) is 5.00. The number of carbonyl (C=O) groups is 1. The molecule has 0 aliphatic rings. The van der Waals surface area contributed by atoms with E-state index in [2.05, 4.69) is 13.8 Å². The second-order valence-electron chi connectivity index (χ2n) is 5.00. The summed E-state index contributed by atoms with van der Waals surface area (Å²) in [5, 5.41) is 0. The van der Waals surface area contributed by atoms with Crippen molar-refractivity contribution in [2.24, 2.45) is 0 Å². The van der Waals surface area contributed by atoms with Crippen LogP contribution in [-0.4, -0.2) is 37.9 Å². The number of hydrogen-bond donors (Lipinski definition) is 0. The van der Waals surface area contributed by atoms with Crippen molar-refractivity contribution in [1.29, 1.82) is 0 Å². The van der Waals surface area contributed by atoms with E-state index in [4.69, 9.17) is 4.74 Å². The molecule has 0 aliphatic heterocycles. The quantitative estimate of drug-likeness (QED) is 0.687. The molecule has 20 heavy (non-hydrogen) atoms. The van der Waals surface area contributed by atoms with Crippen molar-refractivity contribution in [1.82, 2.24) is 4.90 Å². The van der Waals surface area contributed by atoms with Gasteiger partial charge < -0.3 is 9.64 Å². The molecule has 0 saturated carbocycles. The summed E-state index contributed by atoms with van der Waals surface area (Å²) in [6.45, 7) is 5.68. The average Bonchev–Trinajstić information content (AvgIpc) is 2.42. The molecular weight excluding hydrogens is 274 g/mol. The van der Waals surface area contributed by atoms with Crippen molar-refractivity contribution in [3.05, 3.63) is 29.3 Å². The highest BCUT2D eigenvalue weighted by molar-refractivity contribution is 5.96. The number of hydrogen-bond acceptors (Lipinski definition) is 3. The van der Waals surface area contributed by atoms with Gasteiger partial charge in [0, 0.05) is 18.5 Å². The molecule has 4 heteroatoms. The van der Waals surface area contributed by atoms with Gasteiger partial charge in [-0.15, -0.1) is 12.4 Å². The molecular formula is C16H26ClNO2. The van der Waals surface area contributed by atoms with Gasteiger partial charge in [-0.1, -0.05) is 13.8 Å². The summed E-state index contributed by atoms with van der Waals surface area (Å²) in [5.41, 5.74) is 1.91. The third-order valence-corrected chi connectivity index (χ3v) is 3.01. The van der Waals surface area contributed by atoms with Crippen LogP contribution >= 0.6 is 12.4 Å². The van der Waals surface area contributed by atoms with Crippen molar-refractivity contribution < 1.29 is 9.53 Å². The molecule has 0 radical (unpaired) electrons. The minimum Gasteiger partial charge on any atom is -0.493 e. The highest BCUT2D eigenvalue weighted by Gasteiger charge is 2.10. The maximum absolute atomic E-state index is 12.1. The normalized spacial score (nSPS) is 10.2. The fourth-order valence-electron chi connectivity index (χ4n) is 1.85. The number of Topliss-reactive ketones (excluding diaryl/α,β-unsaturated/α-hetero) is 1. The lowest BCUT2D eigenvalue weighted by atomic mass is 10.0. The summed E-state index contributed by atoms with van der Waals surface area (Å²) in [4.78, 5) is 14.1. The molecule has 0 aromatic heterocycles. The lowest BCUT2D eigenvalue weighted by Crippen LogP contribution is -2.16. The Labute approximate surface area is 128 Å². The molecule has 0 spiro atoms. The third-order valence-electron chi connectivity index (χ3n) is 3.01. The lowest BCUT2D eigenvalue weighted by molar-refractivity contribution is 0.0972. The van der Waals surface area contributed by atoms with Gasteiger partial charge >= 0.3 is 0 Å². The number of rotatable bonds is 8. The van der Waals surface area contributed by atoms with Crippen LogP contribution in [0, 0.1) is 0 Å². The predicted molar refractivity (Wildman–Crippen MR) is 86.4 cm³/mol. The van der Waals surface area contributed by atoms with Crippen molar-refractivity contribution in [2.75, 3.05) is 27.2 Å². The molecule has 1 rings (SSSR count). The van der Waals surface area contributed by atoms with E-state index in [0.29, 0.717) is 6.42 Å². The number of benzene rings is 1. The smallest absolute Gasteiger partial charge is 0.164 e. The number of halogens is 1. The van der Waals surface area contributed by atoms with Crippen LogP contribution in [0.1, 0.15) is 42.6 Å². The van der Waals surface area contributed by atoms with E-state index in [-0.39, 0.29) is 18.2 Å². The molecule has 0 fully saturated rings. The van der Waals surface area contributed by atoms with Crippen LogP contribution in [-0.2, 0) is 6.42 Å². The van der Waals surface area contributed by atoms with Crippen LogP contribution < -0.4 is 4.74 Å². The second kappa shape index (κ2) is 9.78. The molecule has 0 saturated heterocycles. The Morgan fingerprint density at radius 1 is 1.25 bits per heavy atom. The number of ketones is 1. The number of aryl methyl sites for hydroxylation is 1. The minimum absolute atomic E-state index is 0. The molecule has 3 nitrogen and oxygen atoms in total. The topological polar surface area (TPSA) is 29.5 Å². The van der Waals surface area contributed by atoms with Gasteiger partial charge in [-0.05, 0) is 50.7 Å². The Balaban J connectivity index is 0.00000361. The van der Waals surface area contributed by atoms with Gasteiger partial charge in [0.25, 0.3) is 0 Å². The third kappa shape index (κ3) is 5.93. The molecule has 0 unspecified atom stereocenters. The minimum atomic E-state index is 0. The molecule has 1 aromatic carbocycles. The molecule has 0 N–H and O–H groups in total. The van der Waals surface area contributed by atoms with E-state index in [1.54, 1.807) is 0 Å². The zero-order chi connectivity index (χ0) is 14.3. The summed E-state index contributed by atoms with van der Waals surface area (Å²) in [6.07, 6.45) is 2.44. The predicted octanol–water partition coefficient (Wildman–Crippen LogP) is 3.59. The maximum Gasteiger partial charge on any atom is 0.164 e. The van der Waals surface area contributed by atoms with Gasteiger partial charge in [0.15, 0.2) is 5.78 Å². The van der Waals surface area contributed by atoms with Crippen molar-refractivity contribution in [3.63, 3.8) is 0 Å². The van der Waals surface area contributed by atoms with Crippen molar-refractivity contribution in [2.45, 2.75) is 33.1 Å². The van der Waals surface area contributed by atoms with E-state index in [0.717, 1.165) is 42.9 Å². The molecule has 0 amide bonds. The summed E-state index contributed by atoms with van der Waals surface area (Å²) in [7, 11) is 3.96. The molecule has 0 bridgehead atoms. The van der Waals surface area contributed by atoms with E-state index in [1.165, 1.54) is 0 Å². The van der Waals surface area contributed by atoms with Crippen molar-refractivity contribution in [3.8, 4) is 5.75 Å². The molecule has 0 atom stereocenters. The van der Waals surface area contributed by atoms with Gasteiger partial charge in [0.1, 0.15) is 5.75 Å². The van der Waals surface area contributed by atoms with E-state index >= 15 is 0 Å². The summed E-state index contributed by atoms with van der Waals surface area (Å²) in [6, 6.07) is 5.78. The molecule has 114 valence electrons. The zero-order valence-electron chi connectivity index (χ0n) is 12.9. The van der Waals surface area contributed by atoms with Gasteiger partial charge in [0.05, 0.1) is 6.61 Å². The Morgan fingerprint density at radius 3 is 2.50 bits per heavy atom. The van der Waals surface area contributed by atoms with Crippen LogP contribution in [0.2, 0.25) is 0 Å². The standard InChI is InChI=1S/C16H25NO2.ClH/c1-5-11-19-16-8-7-14(12-13(16)6-2)15(18)9-10-17(3)4;/h7-8,12H,5-6,9-11H2,1-4H3;1H. The SMILES string of the molecule is CCCOc1ccc(C(=O)CCN(C)C)cc1CC.Cl. The summed E-state index contributed by atoms with van der Waals surface area (Å²) < 4.78 is 5.69. The highest BCUT2D eigenvalue weighted by Crippen LogP contribution is 2.22. The van der Waals surface area contributed by atoms with Gasteiger partial charge in [-0.3, -0.25) is 4.79 Å². The maximum atomic E-state index is 12.1. The van der Waals surface area contributed by atoms with E-state index < -0.39 is 0 Å². The van der Waals surface area contributed by atoms with Crippen LogP contribution in [0.4, 0.5) is 0 Å². The lowest BCUT2D eigenvalue weighted by Gasteiger charge is -2.12. The fourth-order valence-corrected chi connectivity index (χ4v) is 1.85. The average molecular weight is 300 g/mol. The number of carbonyl (C=O) groups excluding carboxylic acids is 1. The Kier molecular flexibility index (Phi) is 9.26. The first-order valence-electron chi connectivity index (χ1n) is 7.02. The first-order chi connectivity index (χ1) is 9.08. The monoisotopic (exact) mass is 299 g/mol. The number of nitrogens with zero attached hydrogens (tertiary/aromatic N) is 1. The Hall–Kier alpha value is -1.06. The van der Waals surface area contributed by atoms with Gasteiger partial charge in [0.2, 0.25) is 0 Å². The van der Waals surface area contributed by atoms with Crippen LogP contribution in [0.3, 0.4) is 0 Å². The summed E-state index contributed by atoms with van der Waals surface area (Å²) in [5.74, 6) is 1.11. The van der Waals surface area contributed by atoms with Gasteiger partial charge in [-0.25, -0.2) is 0 Å². The number of ether oxygens (including phenoxy) is 1. The molecule has 0 aliphatic carbocycles. The largest absolute Gasteiger partial charge is 0.493 e. The first kappa shape index (κ1) is 18.9.